The van der Waals surface area contributed by atoms with Gasteiger partial charge in [0.2, 0.25) is 5.88 Å². The van der Waals surface area contributed by atoms with Gasteiger partial charge in [-0.25, -0.2) is 9.59 Å². The summed E-state index contributed by atoms with van der Waals surface area (Å²) < 4.78 is 16.6. The van der Waals surface area contributed by atoms with Gasteiger partial charge in [-0.05, 0) is 30.7 Å². The first kappa shape index (κ1) is 18.1. The number of aromatic nitrogens is 1. The van der Waals surface area contributed by atoms with Gasteiger partial charge in [0.25, 0.3) is 0 Å². The van der Waals surface area contributed by atoms with E-state index in [-0.39, 0.29) is 23.6 Å². The van der Waals surface area contributed by atoms with E-state index in [1.54, 1.807) is 31.3 Å². The smallest absolute Gasteiger partial charge is 0.344 e. The Morgan fingerprint density at radius 2 is 1.87 bits per heavy atom. The molecular formula is C23H18N2O5. The highest BCUT2D eigenvalue weighted by Crippen LogP contribution is 2.45. The summed E-state index contributed by atoms with van der Waals surface area (Å²) in [6.07, 6.45) is 1.77. The third-order valence-corrected chi connectivity index (χ3v) is 5.28. The molecule has 0 bridgehead atoms. The lowest BCUT2D eigenvalue weighted by Crippen LogP contribution is -2.31. The number of fused-ring (bicyclic) bond motifs is 4. The van der Waals surface area contributed by atoms with E-state index < -0.39 is 17.5 Å². The van der Waals surface area contributed by atoms with E-state index in [0.717, 1.165) is 10.9 Å². The number of benzene rings is 2. The highest BCUT2D eigenvalue weighted by molar-refractivity contribution is 5.97. The van der Waals surface area contributed by atoms with Crippen LogP contribution < -0.4 is 16.1 Å². The Kier molecular flexibility index (Phi) is 4.10. The summed E-state index contributed by atoms with van der Waals surface area (Å²) in [5.74, 6) is -1.23. The molecule has 7 heteroatoms. The maximum atomic E-state index is 13.1. The molecule has 3 N–H and O–H groups in total. The monoisotopic (exact) mass is 402 g/mol. The van der Waals surface area contributed by atoms with Gasteiger partial charge in [0.15, 0.2) is 5.75 Å². The summed E-state index contributed by atoms with van der Waals surface area (Å²) in [7, 11) is 0. The third kappa shape index (κ3) is 2.59. The molecule has 1 aliphatic heterocycles. The number of hydrogen-bond acceptors (Lipinski definition) is 6. The van der Waals surface area contributed by atoms with Crippen molar-refractivity contribution in [1.29, 1.82) is 0 Å². The first-order chi connectivity index (χ1) is 14.6. The standard InChI is InChI=1S/C23H18N2O5/c1-2-28-22(26)19-17(14-11-25-15-9-5-3-7-12(14)15)18-20(30-21(19)24)13-8-4-6-10-16(13)29-23(18)27/h3-11,17,25H,2,24H2,1H3/t17-/m1/s1. The number of ether oxygens (including phenoxy) is 2. The van der Waals surface area contributed by atoms with E-state index in [2.05, 4.69) is 4.98 Å². The number of carbonyl (C=O) groups excluding carboxylic acids is 1. The van der Waals surface area contributed by atoms with Crippen LogP contribution in [-0.4, -0.2) is 17.6 Å². The van der Waals surface area contributed by atoms with E-state index in [1.165, 1.54) is 0 Å². The van der Waals surface area contributed by atoms with Gasteiger partial charge in [0.05, 0.1) is 23.5 Å². The topological polar surface area (TPSA) is 108 Å². The minimum atomic E-state index is -0.801. The Labute approximate surface area is 170 Å². The molecule has 0 fully saturated rings. The van der Waals surface area contributed by atoms with Crippen molar-refractivity contribution in [2.75, 3.05) is 6.61 Å². The van der Waals surface area contributed by atoms with Crippen LogP contribution in [0.5, 0.6) is 5.75 Å². The van der Waals surface area contributed by atoms with Crippen molar-refractivity contribution in [3.8, 4) is 5.75 Å². The molecule has 0 spiro atoms. The maximum absolute atomic E-state index is 13.1. The van der Waals surface area contributed by atoms with Gasteiger partial charge in [-0.1, -0.05) is 30.3 Å². The molecule has 7 nitrogen and oxygen atoms in total. The third-order valence-electron chi connectivity index (χ3n) is 5.28. The fourth-order valence-electron chi connectivity index (χ4n) is 4.02. The Bertz CT molecular complexity index is 1400. The van der Waals surface area contributed by atoms with Gasteiger partial charge in [-0.15, -0.1) is 0 Å². The molecule has 0 amide bonds. The van der Waals surface area contributed by atoms with Crippen molar-refractivity contribution < 1.29 is 18.7 Å². The molecule has 30 heavy (non-hydrogen) atoms. The number of carbonyl (C=O) groups is 1. The van der Waals surface area contributed by atoms with E-state index >= 15 is 0 Å². The maximum Gasteiger partial charge on any atom is 0.344 e. The summed E-state index contributed by atoms with van der Waals surface area (Å²) in [4.78, 5) is 29.1. The molecule has 0 saturated carbocycles. The molecule has 3 heterocycles. The second kappa shape index (κ2) is 6.81. The zero-order valence-electron chi connectivity index (χ0n) is 16.1. The lowest BCUT2D eigenvalue weighted by molar-refractivity contribution is -0.139. The molecule has 2 aromatic heterocycles. The van der Waals surface area contributed by atoms with Crippen molar-refractivity contribution in [3.05, 3.63) is 87.7 Å². The predicted molar refractivity (Wildman–Crippen MR) is 111 cm³/mol. The molecule has 4 aromatic rings. The van der Waals surface area contributed by atoms with Crippen LogP contribution in [0.15, 0.2) is 75.4 Å². The number of para-hydroxylation sites is 2. The Balaban J connectivity index is 1.86. The van der Waals surface area contributed by atoms with Crippen molar-refractivity contribution in [2.24, 2.45) is 5.73 Å². The number of hydrogen-bond donors (Lipinski definition) is 2. The largest absolute Gasteiger partial charge is 0.462 e. The van der Waals surface area contributed by atoms with E-state index in [0.29, 0.717) is 22.3 Å². The number of rotatable bonds is 3. The van der Waals surface area contributed by atoms with Crippen LogP contribution >= 0.6 is 0 Å². The predicted octanol–water partition coefficient (Wildman–Crippen LogP) is 3.53. The van der Waals surface area contributed by atoms with Crippen molar-refractivity contribution in [2.45, 2.75) is 12.8 Å². The first-order valence-corrected chi connectivity index (χ1v) is 9.56. The van der Waals surface area contributed by atoms with Crippen LogP contribution in [-0.2, 0) is 9.53 Å². The summed E-state index contributed by atoms with van der Waals surface area (Å²) in [5.41, 5.74) is 7.89. The summed E-state index contributed by atoms with van der Waals surface area (Å²) >= 11 is 0. The Morgan fingerprint density at radius 1 is 1.13 bits per heavy atom. The molecule has 1 atom stereocenters. The molecule has 0 unspecified atom stereocenters. The fraction of sp³-hybridized carbons (Fsp3) is 0.130. The van der Waals surface area contributed by atoms with Gasteiger partial charge in [0.1, 0.15) is 11.2 Å². The summed E-state index contributed by atoms with van der Waals surface area (Å²) in [6, 6.07) is 14.7. The minimum Gasteiger partial charge on any atom is -0.462 e. The van der Waals surface area contributed by atoms with Crippen LogP contribution in [0.3, 0.4) is 0 Å². The lowest BCUT2D eigenvalue weighted by Gasteiger charge is -2.27. The molecule has 1 aliphatic rings. The minimum absolute atomic E-state index is 0.0803. The summed E-state index contributed by atoms with van der Waals surface area (Å²) in [5, 5.41) is 1.46. The normalized spacial score (nSPS) is 15.8. The van der Waals surface area contributed by atoms with Gasteiger partial charge >= 0.3 is 11.6 Å². The van der Waals surface area contributed by atoms with Crippen LogP contribution in [0.25, 0.3) is 21.9 Å². The number of nitrogens with two attached hydrogens (primary N) is 1. The van der Waals surface area contributed by atoms with E-state index in [9.17, 15) is 9.59 Å². The second-order valence-corrected chi connectivity index (χ2v) is 6.95. The highest BCUT2D eigenvalue weighted by atomic mass is 16.5. The van der Waals surface area contributed by atoms with Crippen LogP contribution in [0, 0.1) is 0 Å². The molecule has 0 aliphatic carbocycles. The molecule has 0 radical (unpaired) electrons. The quantitative estimate of drug-likeness (QED) is 0.401. The Morgan fingerprint density at radius 3 is 2.67 bits per heavy atom. The molecular weight excluding hydrogens is 384 g/mol. The fourth-order valence-corrected chi connectivity index (χ4v) is 4.02. The van der Waals surface area contributed by atoms with Gasteiger partial charge in [0, 0.05) is 17.1 Å². The van der Waals surface area contributed by atoms with Gasteiger partial charge < -0.3 is 24.6 Å². The molecule has 5 rings (SSSR count). The average molecular weight is 402 g/mol. The van der Waals surface area contributed by atoms with Gasteiger partial charge in [-0.3, -0.25) is 0 Å². The number of H-pyrrole nitrogens is 1. The number of esters is 1. The molecule has 0 saturated heterocycles. The molecule has 2 aromatic carbocycles. The van der Waals surface area contributed by atoms with Gasteiger partial charge in [-0.2, -0.15) is 0 Å². The van der Waals surface area contributed by atoms with Crippen molar-refractivity contribution in [1.82, 2.24) is 4.98 Å². The Hall–Kier alpha value is -4.00. The van der Waals surface area contributed by atoms with E-state index in [4.69, 9.17) is 19.6 Å². The lowest BCUT2D eigenvalue weighted by atomic mass is 9.83. The van der Waals surface area contributed by atoms with Crippen LogP contribution in [0.2, 0.25) is 0 Å². The number of nitrogens with one attached hydrogen (secondary N) is 1. The summed E-state index contributed by atoms with van der Waals surface area (Å²) in [6.45, 7) is 1.87. The second-order valence-electron chi connectivity index (χ2n) is 6.95. The van der Waals surface area contributed by atoms with Crippen molar-refractivity contribution >= 4 is 27.8 Å². The molecule has 150 valence electrons. The zero-order valence-corrected chi connectivity index (χ0v) is 16.1. The van der Waals surface area contributed by atoms with E-state index in [1.807, 2.05) is 30.3 Å². The zero-order chi connectivity index (χ0) is 20.8. The number of aromatic amines is 1. The first-order valence-electron chi connectivity index (χ1n) is 9.56. The van der Waals surface area contributed by atoms with Crippen molar-refractivity contribution in [3.63, 3.8) is 0 Å². The highest BCUT2D eigenvalue weighted by Gasteiger charge is 2.40. The SMILES string of the molecule is CCOC(=O)C1=C(N)Oc2c(c(=O)oc3ccccc23)[C@H]1c1c[nH]c2ccccc12. The average Bonchev–Trinajstić information content (AvgIpc) is 3.17. The van der Waals surface area contributed by atoms with Crippen LogP contribution in [0.4, 0.5) is 0 Å². The van der Waals surface area contributed by atoms with Crippen LogP contribution in [0.1, 0.15) is 24.0 Å².